The first-order valence-electron chi connectivity index (χ1n) is 4.76. The molecule has 2 nitrogen and oxygen atoms in total. The molecule has 2 rings (SSSR count). The monoisotopic (exact) mass is 154 g/mol. The van der Waals surface area contributed by atoms with E-state index in [-0.39, 0.29) is 5.54 Å². The fourth-order valence-corrected chi connectivity index (χ4v) is 2.14. The summed E-state index contributed by atoms with van der Waals surface area (Å²) >= 11 is 0. The van der Waals surface area contributed by atoms with Gasteiger partial charge in [-0.05, 0) is 38.3 Å². The van der Waals surface area contributed by atoms with E-state index < -0.39 is 0 Å². The molecule has 2 fully saturated rings. The van der Waals surface area contributed by atoms with Gasteiger partial charge in [-0.1, -0.05) is 6.92 Å². The molecule has 11 heavy (non-hydrogen) atoms. The zero-order chi connectivity index (χ0) is 7.90. The van der Waals surface area contributed by atoms with Gasteiger partial charge in [0.2, 0.25) is 0 Å². The predicted molar refractivity (Wildman–Crippen MR) is 46.4 cm³/mol. The molecule has 64 valence electrons. The molecule has 1 saturated carbocycles. The Hall–Kier alpha value is -0.0800. The second-order valence-corrected chi connectivity index (χ2v) is 4.11. The van der Waals surface area contributed by atoms with Crippen LogP contribution in [0.15, 0.2) is 0 Å². The summed E-state index contributed by atoms with van der Waals surface area (Å²) in [5, 5.41) is 0. The van der Waals surface area contributed by atoms with Gasteiger partial charge in [-0.3, -0.25) is 0 Å². The topological polar surface area (TPSA) is 29.3 Å². The minimum absolute atomic E-state index is 0.268. The summed E-state index contributed by atoms with van der Waals surface area (Å²) in [7, 11) is 0. The Kier molecular flexibility index (Phi) is 1.69. The largest absolute Gasteiger partial charge is 0.325 e. The first-order valence-corrected chi connectivity index (χ1v) is 4.76. The number of nitrogens with two attached hydrogens (primary N) is 1. The average Bonchev–Trinajstić information content (AvgIpc) is 2.61. The van der Waals surface area contributed by atoms with Crippen LogP contribution in [0.5, 0.6) is 0 Å². The lowest BCUT2D eigenvalue weighted by Crippen LogP contribution is -2.34. The fraction of sp³-hybridized carbons (Fsp3) is 1.00. The Morgan fingerprint density at radius 1 is 1.55 bits per heavy atom. The van der Waals surface area contributed by atoms with Gasteiger partial charge in [0.05, 0.1) is 0 Å². The zero-order valence-corrected chi connectivity index (χ0v) is 7.34. The van der Waals surface area contributed by atoms with Crippen LogP contribution in [-0.2, 0) is 0 Å². The Morgan fingerprint density at radius 3 is 2.73 bits per heavy atom. The van der Waals surface area contributed by atoms with Crippen molar-refractivity contribution < 1.29 is 0 Å². The molecule has 1 aliphatic carbocycles. The molecule has 1 atom stereocenters. The first kappa shape index (κ1) is 7.56. The average molecular weight is 154 g/mol. The maximum absolute atomic E-state index is 6.14. The molecule has 1 heterocycles. The second-order valence-electron chi connectivity index (χ2n) is 4.11. The van der Waals surface area contributed by atoms with Gasteiger partial charge in [0.15, 0.2) is 0 Å². The lowest BCUT2D eigenvalue weighted by atomic mass is 9.98. The van der Waals surface area contributed by atoms with E-state index in [2.05, 4.69) is 11.8 Å². The van der Waals surface area contributed by atoms with Crippen LogP contribution in [0.25, 0.3) is 0 Å². The van der Waals surface area contributed by atoms with Crippen LogP contribution in [0.3, 0.4) is 0 Å². The van der Waals surface area contributed by atoms with Gasteiger partial charge in [0.25, 0.3) is 0 Å². The van der Waals surface area contributed by atoms with Crippen LogP contribution < -0.4 is 5.73 Å². The van der Waals surface area contributed by atoms with Crippen LogP contribution in [0.1, 0.15) is 26.2 Å². The Balaban J connectivity index is 1.89. The Bertz CT molecular complexity index is 152. The van der Waals surface area contributed by atoms with Crippen molar-refractivity contribution in [1.29, 1.82) is 0 Å². The maximum atomic E-state index is 6.14. The van der Waals surface area contributed by atoms with Crippen LogP contribution >= 0.6 is 0 Å². The van der Waals surface area contributed by atoms with E-state index in [0.717, 1.165) is 5.92 Å². The number of rotatable bonds is 2. The number of likely N-dealkylation sites (tertiary alicyclic amines) is 1. The first-order chi connectivity index (χ1) is 5.24. The van der Waals surface area contributed by atoms with E-state index in [1.807, 2.05) is 0 Å². The van der Waals surface area contributed by atoms with E-state index >= 15 is 0 Å². The molecule has 0 aromatic heterocycles. The van der Waals surface area contributed by atoms with Gasteiger partial charge in [0, 0.05) is 12.1 Å². The van der Waals surface area contributed by atoms with E-state index in [1.54, 1.807) is 0 Å². The normalized spacial score (nSPS) is 36.0. The fourth-order valence-electron chi connectivity index (χ4n) is 2.14. The van der Waals surface area contributed by atoms with Crippen LogP contribution in [0.4, 0.5) is 0 Å². The van der Waals surface area contributed by atoms with Crippen LogP contribution in [0.2, 0.25) is 0 Å². The van der Waals surface area contributed by atoms with Crippen molar-refractivity contribution in [3.63, 3.8) is 0 Å². The summed E-state index contributed by atoms with van der Waals surface area (Å²) in [6.07, 6.45) is 3.88. The van der Waals surface area contributed by atoms with Crippen LogP contribution in [0, 0.1) is 5.92 Å². The van der Waals surface area contributed by atoms with Gasteiger partial charge < -0.3 is 10.6 Å². The van der Waals surface area contributed by atoms with Crippen molar-refractivity contribution >= 4 is 0 Å². The third-order valence-electron chi connectivity index (χ3n) is 3.36. The van der Waals surface area contributed by atoms with Gasteiger partial charge >= 0.3 is 0 Å². The third-order valence-corrected chi connectivity index (χ3v) is 3.36. The van der Waals surface area contributed by atoms with Gasteiger partial charge in [-0.25, -0.2) is 0 Å². The van der Waals surface area contributed by atoms with E-state index in [0.29, 0.717) is 0 Å². The maximum Gasteiger partial charge on any atom is 0.0197 e. The highest BCUT2D eigenvalue weighted by Crippen LogP contribution is 2.43. The Morgan fingerprint density at radius 2 is 2.27 bits per heavy atom. The standard InChI is InChI=1S/C9H18N2/c1-2-11-6-3-8(7-11)9(10)4-5-9/h8H,2-7,10H2,1H3. The van der Waals surface area contributed by atoms with Crippen molar-refractivity contribution in [2.24, 2.45) is 11.7 Å². The van der Waals surface area contributed by atoms with Gasteiger partial charge in [-0.15, -0.1) is 0 Å². The quantitative estimate of drug-likeness (QED) is 0.638. The van der Waals surface area contributed by atoms with Crippen molar-refractivity contribution in [2.75, 3.05) is 19.6 Å². The summed E-state index contributed by atoms with van der Waals surface area (Å²) in [5.41, 5.74) is 6.41. The van der Waals surface area contributed by atoms with Gasteiger partial charge in [0.1, 0.15) is 0 Å². The summed E-state index contributed by atoms with van der Waals surface area (Å²) in [6.45, 7) is 5.97. The van der Waals surface area contributed by atoms with E-state index in [4.69, 9.17) is 5.73 Å². The number of hydrogen-bond acceptors (Lipinski definition) is 2. The molecule has 0 aromatic carbocycles. The SMILES string of the molecule is CCN1CCC(C2(N)CC2)C1. The van der Waals surface area contributed by atoms with Crippen molar-refractivity contribution in [1.82, 2.24) is 4.90 Å². The van der Waals surface area contributed by atoms with Crippen molar-refractivity contribution in [3.05, 3.63) is 0 Å². The molecule has 0 amide bonds. The van der Waals surface area contributed by atoms with Gasteiger partial charge in [-0.2, -0.15) is 0 Å². The third kappa shape index (κ3) is 1.30. The highest BCUT2D eigenvalue weighted by molar-refractivity contribution is 5.06. The Labute approximate surface area is 68.7 Å². The minimum atomic E-state index is 0.268. The van der Waals surface area contributed by atoms with Crippen LogP contribution in [-0.4, -0.2) is 30.1 Å². The summed E-state index contributed by atoms with van der Waals surface area (Å²) in [4.78, 5) is 2.51. The molecular weight excluding hydrogens is 136 g/mol. The summed E-state index contributed by atoms with van der Waals surface area (Å²) in [6, 6.07) is 0. The molecular formula is C9H18N2. The lowest BCUT2D eigenvalue weighted by Gasteiger charge is -2.18. The highest BCUT2D eigenvalue weighted by Gasteiger charge is 2.47. The molecule has 1 unspecified atom stereocenters. The molecule has 1 saturated heterocycles. The molecule has 0 radical (unpaired) electrons. The minimum Gasteiger partial charge on any atom is -0.325 e. The lowest BCUT2D eigenvalue weighted by molar-refractivity contribution is 0.322. The molecule has 0 aromatic rings. The number of nitrogens with zero attached hydrogens (tertiary/aromatic N) is 1. The van der Waals surface area contributed by atoms with Crippen molar-refractivity contribution in [3.8, 4) is 0 Å². The molecule has 2 heteroatoms. The molecule has 1 aliphatic heterocycles. The highest BCUT2D eigenvalue weighted by atomic mass is 15.1. The molecule has 2 N–H and O–H groups in total. The second kappa shape index (κ2) is 2.46. The molecule has 0 spiro atoms. The summed E-state index contributed by atoms with van der Waals surface area (Å²) in [5.74, 6) is 0.808. The smallest absolute Gasteiger partial charge is 0.0197 e. The molecule has 2 aliphatic rings. The predicted octanol–water partition coefficient (Wildman–Crippen LogP) is 0.819. The number of hydrogen-bond donors (Lipinski definition) is 1. The molecule has 0 bridgehead atoms. The zero-order valence-electron chi connectivity index (χ0n) is 7.34. The van der Waals surface area contributed by atoms with E-state index in [9.17, 15) is 0 Å². The summed E-state index contributed by atoms with van der Waals surface area (Å²) < 4.78 is 0. The van der Waals surface area contributed by atoms with Crippen molar-refractivity contribution in [2.45, 2.75) is 31.7 Å². The van der Waals surface area contributed by atoms with E-state index in [1.165, 1.54) is 38.9 Å².